The standard InChI is InChI=1S/C22H27N3O2/c1-22(2,3)15-7-5-14(6-8-15)17(13-16-9-12-20(26)24-16)19-11-10-18(23)21(25-19)27-4/h5-8,10-11,13,16H,9,12,23H2,1-4H3,(H,24,26)/b17-13+/t16-/m1/s1. The van der Waals surface area contributed by atoms with Gasteiger partial charge in [-0.2, -0.15) is 0 Å². The van der Waals surface area contributed by atoms with Crippen LogP contribution in [0.3, 0.4) is 0 Å². The summed E-state index contributed by atoms with van der Waals surface area (Å²) in [6.45, 7) is 6.58. The Balaban J connectivity index is 2.05. The summed E-state index contributed by atoms with van der Waals surface area (Å²) in [6, 6.07) is 12.2. The number of nitrogen functional groups attached to an aromatic ring is 1. The van der Waals surface area contributed by atoms with Gasteiger partial charge >= 0.3 is 0 Å². The van der Waals surface area contributed by atoms with Crippen LogP contribution in [0.1, 0.15) is 50.4 Å². The molecule has 3 N–H and O–H groups in total. The zero-order chi connectivity index (χ0) is 19.6. The maximum atomic E-state index is 11.6. The number of anilines is 1. The van der Waals surface area contributed by atoms with Crippen LogP contribution in [0.2, 0.25) is 0 Å². The summed E-state index contributed by atoms with van der Waals surface area (Å²) in [7, 11) is 1.56. The van der Waals surface area contributed by atoms with Crippen molar-refractivity contribution in [2.24, 2.45) is 0 Å². The number of pyridine rings is 1. The van der Waals surface area contributed by atoms with Crippen molar-refractivity contribution in [3.05, 3.63) is 59.3 Å². The molecule has 1 atom stereocenters. The van der Waals surface area contributed by atoms with E-state index >= 15 is 0 Å². The molecule has 1 aromatic heterocycles. The summed E-state index contributed by atoms with van der Waals surface area (Å²) < 4.78 is 5.29. The van der Waals surface area contributed by atoms with Crippen LogP contribution in [0.5, 0.6) is 5.88 Å². The van der Waals surface area contributed by atoms with Crippen molar-refractivity contribution in [1.82, 2.24) is 10.3 Å². The van der Waals surface area contributed by atoms with Crippen molar-refractivity contribution in [1.29, 1.82) is 0 Å². The van der Waals surface area contributed by atoms with Gasteiger partial charge in [0.05, 0.1) is 18.5 Å². The van der Waals surface area contributed by atoms with E-state index in [-0.39, 0.29) is 17.4 Å². The highest BCUT2D eigenvalue weighted by atomic mass is 16.5. The summed E-state index contributed by atoms with van der Waals surface area (Å²) in [5, 5.41) is 3.00. The second-order valence-corrected chi connectivity index (χ2v) is 7.92. The van der Waals surface area contributed by atoms with E-state index < -0.39 is 0 Å². The Hall–Kier alpha value is -2.82. The topological polar surface area (TPSA) is 77.2 Å². The van der Waals surface area contributed by atoms with E-state index in [4.69, 9.17) is 10.5 Å². The van der Waals surface area contributed by atoms with Crippen molar-refractivity contribution in [3.8, 4) is 5.88 Å². The van der Waals surface area contributed by atoms with Crippen LogP contribution >= 0.6 is 0 Å². The smallest absolute Gasteiger partial charge is 0.237 e. The van der Waals surface area contributed by atoms with Crippen molar-refractivity contribution in [2.75, 3.05) is 12.8 Å². The average molecular weight is 365 g/mol. The summed E-state index contributed by atoms with van der Waals surface area (Å²) in [5.74, 6) is 0.488. The number of benzene rings is 1. The number of amides is 1. The first-order valence-electron chi connectivity index (χ1n) is 9.21. The third-order valence-corrected chi connectivity index (χ3v) is 4.82. The minimum atomic E-state index is 0.000130. The molecule has 1 aliphatic heterocycles. The number of nitrogens with zero attached hydrogens (tertiary/aromatic N) is 1. The van der Waals surface area contributed by atoms with E-state index in [2.05, 4.69) is 61.4 Å². The van der Waals surface area contributed by atoms with Crippen molar-refractivity contribution in [2.45, 2.75) is 45.1 Å². The van der Waals surface area contributed by atoms with Gasteiger partial charge in [0.2, 0.25) is 11.8 Å². The lowest BCUT2D eigenvalue weighted by atomic mass is 9.86. The van der Waals surface area contributed by atoms with Crippen molar-refractivity contribution >= 4 is 17.2 Å². The molecule has 5 heteroatoms. The minimum absolute atomic E-state index is 0.000130. The van der Waals surface area contributed by atoms with Crippen molar-refractivity contribution < 1.29 is 9.53 Å². The zero-order valence-corrected chi connectivity index (χ0v) is 16.4. The fourth-order valence-electron chi connectivity index (χ4n) is 3.21. The van der Waals surface area contributed by atoms with Gasteiger partial charge in [-0.3, -0.25) is 4.79 Å². The number of nitrogens with one attached hydrogen (secondary N) is 1. The van der Waals surface area contributed by atoms with Crippen LogP contribution in [0, 0.1) is 0 Å². The van der Waals surface area contributed by atoms with E-state index in [0.717, 1.165) is 23.3 Å². The number of methoxy groups -OCH3 is 1. The highest BCUT2D eigenvalue weighted by Gasteiger charge is 2.21. The molecule has 1 aromatic carbocycles. The van der Waals surface area contributed by atoms with Gasteiger partial charge in [0.25, 0.3) is 0 Å². The third-order valence-electron chi connectivity index (χ3n) is 4.82. The second-order valence-electron chi connectivity index (χ2n) is 7.92. The number of rotatable bonds is 4. The normalized spacial score (nSPS) is 17.7. The summed E-state index contributed by atoms with van der Waals surface area (Å²) in [6.07, 6.45) is 3.42. The van der Waals surface area contributed by atoms with Crippen LogP contribution in [0.4, 0.5) is 5.69 Å². The Kier molecular flexibility index (Phi) is 5.22. The van der Waals surface area contributed by atoms with E-state index in [1.165, 1.54) is 5.56 Å². The molecule has 1 fully saturated rings. The summed E-state index contributed by atoms with van der Waals surface area (Å²) >= 11 is 0. The predicted octanol–water partition coefficient (Wildman–Crippen LogP) is 3.68. The lowest BCUT2D eigenvalue weighted by Crippen LogP contribution is -2.23. The first-order valence-corrected chi connectivity index (χ1v) is 9.21. The Morgan fingerprint density at radius 1 is 1.22 bits per heavy atom. The van der Waals surface area contributed by atoms with Gasteiger partial charge in [-0.1, -0.05) is 51.1 Å². The Bertz CT molecular complexity index is 864. The molecule has 5 nitrogen and oxygen atoms in total. The van der Waals surface area contributed by atoms with Crippen LogP contribution in [0.15, 0.2) is 42.5 Å². The molecule has 0 aliphatic carbocycles. The molecule has 1 aliphatic rings. The first kappa shape index (κ1) is 19.0. The van der Waals surface area contributed by atoms with Gasteiger partial charge in [-0.25, -0.2) is 4.98 Å². The third kappa shape index (κ3) is 4.30. The Morgan fingerprint density at radius 2 is 1.93 bits per heavy atom. The molecule has 0 unspecified atom stereocenters. The minimum Gasteiger partial charge on any atom is -0.480 e. The molecule has 3 rings (SSSR count). The molecule has 27 heavy (non-hydrogen) atoms. The number of nitrogens with two attached hydrogens (primary N) is 1. The maximum Gasteiger partial charge on any atom is 0.237 e. The highest BCUT2D eigenvalue weighted by molar-refractivity contribution is 5.82. The monoisotopic (exact) mass is 365 g/mol. The fraction of sp³-hybridized carbons (Fsp3) is 0.364. The number of aromatic nitrogens is 1. The van der Waals surface area contributed by atoms with E-state index in [9.17, 15) is 4.79 Å². The highest BCUT2D eigenvalue weighted by Crippen LogP contribution is 2.30. The number of hydrogen-bond acceptors (Lipinski definition) is 4. The van der Waals surface area contributed by atoms with Gasteiger partial charge in [0, 0.05) is 18.0 Å². The summed E-state index contributed by atoms with van der Waals surface area (Å²) in [5.41, 5.74) is 10.5. The largest absolute Gasteiger partial charge is 0.480 e. The van der Waals surface area contributed by atoms with Crippen LogP contribution in [-0.2, 0) is 10.2 Å². The summed E-state index contributed by atoms with van der Waals surface area (Å²) in [4.78, 5) is 16.2. The Morgan fingerprint density at radius 3 is 2.48 bits per heavy atom. The molecule has 1 amide bonds. The van der Waals surface area contributed by atoms with Crippen LogP contribution < -0.4 is 15.8 Å². The fourth-order valence-corrected chi connectivity index (χ4v) is 3.21. The number of carbonyl (C=O) groups excluding carboxylic acids is 1. The van der Waals surface area contributed by atoms with E-state index in [0.29, 0.717) is 18.0 Å². The van der Waals surface area contributed by atoms with Gasteiger partial charge in [0.1, 0.15) is 0 Å². The number of hydrogen-bond donors (Lipinski definition) is 2. The second kappa shape index (κ2) is 7.43. The molecule has 2 aromatic rings. The quantitative estimate of drug-likeness (QED) is 0.866. The molecule has 1 saturated heterocycles. The Labute approximate surface area is 160 Å². The van der Waals surface area contributed by atoms with Crippen molar-refractivity contribution in [3.63, 3.8) is 0 Å². The predicted molar refractivity (Wildman–Crippen MR) is 109 cm³/mol. The molecular formula is C22H27N3O2. The SMILES string of the molecule is COc1nc(/C(=C/[C@H]2CCC(=O)N2)c2ccc(C(C)(C)C)cc2)ccc1N. The maximum absolute atomic E-state index is 11.6. The lowest BCUT2D eigenvalue weighted by molar-refractivity contribution is -0.119. The lowest BCUT2D eigenvalue weighted by Gasteiger charge is -2.20. The number of carbonyl (C=O) groups is 1. The van der Waals surface area contributed by atoms with E-state index in [1.807, 2.05) is 6.07 Å². The molecule has 142 valence electrons. The molecule has 0 radical (unpaired) electrons. The molecule has 2 heterocycles. The van der Waals surface area contributed by atoms with Crippen LogP contribution in [0.25, 0.3) is 5.57 Å². The van der Waals surface area contributed by atoms with Gasteiger partial charge in [-0.15, -0.1) is 0 Å². The zero-order valence-electron chi connectivity index (χ0n) is 16.4. The van der Waals surface area contributed by atoms with Gasteiger partial charge in [0.15, 0.2) is 0 Å². The number of ether oxygens (including phenoxy) is 1. The molecule has 0 saturated carbocycles. The van der Waals surface area contributed by atoms with E-state index in [1.54, 1.807) is 13.2 Å². The van der Waals surface area contributed by atoms with Gasteiger partial charge < -0.3 is 15.8 Å². The molecule has 0 spiro atoms. The average Bonchev–Trinajstić information content (AvgIpc) is 3.05. The molecule has 0 bridgehead atoms. The molecular weight excluding hydrogens is 338 g/mol. The van der Waals surface area contributed by atoms with Crippen LogP contribution in [-0.4, -0.2) is 24.0 Å². The first-order chi connectivity index (χ1) is 12.8. The van der Waals surface area contributed by atoms with Gasteiger partial charge in [-0.05, 0) is 35.1 Å².